The molecule has 0 aliphatic heterocycles. The van der Waals surface area contributed by atoms with E-state index in [-0.39, 0.29) is 5.76 Å². The van der Waals surface area contributed by atoms with Crippen molar-refractivity contribution in [1.29, 1.82) is 0 Å². The number of benzene rings is 2. The van der Waals surface area contributed by atoms with Crippen LogP contribution in [0.5, 0.6) is 17.2 Å². The van der Waals surface area contributed by atoms with Crippen LogP contribution in [-0.4, -0.2) is 25.3 Å². The summed E-state index contributed by atoms with van der Waals surface area (Å²) in [7, 11) is 3.02. The van der Waals surface area contributed by atoms with E-state index in [1.807, 2.05) is 18.2 Å². The van der Waals surface area contributed by atoms with Gasteiger partial charge in [-0.05, 0) is 11.6 Å². The van der Waals surface area contributed by atoms with Crippen LogP contribution < -0.4 is 14.2 Å². The Labute approximate surface area is 128 Å². The summed E-state index contributed by atoms with van der Waals surface area (Å²) in [4.78, 5) is 11.4. The SMILES string of the molecule is COc1cc(OC)cc(OC(=Cc2ccccc2)C(=O)O)c1. The summed E-state index contributed by atoms with van der Waals surface area (Å²) in [6.45, 7) is 0. The molecule has 0 unspecified atom stereocenters. The third-order valence-electron chi connectivity index (χ3n) is 2.86. The van der Waals surface area contributed by atoms with Crippen molar-refractivity contribution in [3.63, 3.8) is 0 Å². The van der Waals surface area contributed by atoms with Crippen LogP contribution in [-0.2, 0) is 4.79 Å². The Morgan fingerprint density at radius 1 is 0.955 bits per heavy atom. The molecule has 0 saturated heterocycles. The van der Waals surface area contributed by atoms with E-state index >= 15 is 0 Å². The maximum Gasteiger partial charge on any atom is 0.371 e. The van der Waals surface area contributed by atoms with Crippen molar-refractivity contribution < 1.29 is 24.1 Å². The molecular weight excluding hydrogens is 284 g/mol. The monoisotopic (exact) mass is 300 g/mol. The number of carboxylic acid groups (broad SMARTS) is 1. The summed E-state index contributed by atoms with van der Waals surface area (Å²) >= 11 is 0. The summed E-state index contributed by atoms with van der Waals surface area (Å²) in [6.07, 6.45) is 1.45. The van der Waals surface area contributed by atoms with Gasteiger partial charge in [-0.3, -0.25) is 0 Å². The number of ether oxygens (including phenoxy) is 3. The van der Waals surface area contributed by atoms with Crippen LogP contribution in [0.25, 0.3) is 6.08 Å². The van der Waals surface area contributed by atoms with Crippen LogP contribution >= 0.6 is 0 Å². The van der Waals surface area contributed by atoms with Crippen LogP contribution in [0.2, 0.25) is 0 Å². The molecule has 0 aliphatic rings. The summed E-state index contributed by atoms with van der Waals surface area (Å²) in [5, 5.41) is 9.29. The van der Waals surface area contributed by atoms with Crippen LogP contribution in [0.4, 0.5) is 0 Å². The van der Waals surface area contributed by atoms with Crippen LogP contribution in [0, 0.1) is 0 Å². The molecule has 0 saturated carbocycles. The molecule has 5 heteroatoms. The predicted octanol–water partition coefficient (Wildman–Crippen LogP) is 3.21. The number of rotatable bonds is 6. The highest BCUT2D eigenvalue weighted by Gasteiger charge is 2.12. The fraction of sp³-hybridized carbons (Fsp3) is 0.118. The van der Waals surface area contributed by atoms with E-state index in [4.69, 9.17) is 14.2 Å². The maximum atomic E-state index is 11.4. The second-order valence-electron chi connectivity index (χ2n) is 4.37. The minimum Gasteiger partial charge on any atom is -0.496 e. The third-order valence-corrected chi connectivity index (χ3v) is 2.86. The Hall–Kier alpha value is -2.95. The molecule has 2 aromatic rings. The van der Waals surface area contributed by atoms with Gasteiger partial charge in [0.2, 0.25) is 5.76 Å². The number of hydrogen-bond acceptors (Lipinski definition) is 4. The van der Waals surface area contributed by atoms with Crippen molar-refractivity contribution in [2.75, 3.05) is 14.2 Å². The first-order chi connectivity index (χ1) is 10.6. The normalized spacial score (nSPS) is 10.9. The van der Waals surface area contributed by atoms with Gasteiger partial charge in [0, 0.05) is 18.2 Å². The van der Waals surface area contributed by atoms with E-state index in [1.54, 1.807) is 30.3 Å². The van der Waals surface area contributed by atoms with Crippen molar-refractivity contribution in [2.24, 2.45) is 0 Å². The number of carboxylic acids is 1. The van der Waals surface area contributed by atoms with Gasteiger partial charge in [-0.1, -0.05) is 30.3 Å². The third kappa shape index (κ3) is 4.02. The summed E-state index contributed by atoms with van der Waals surface area (Å²) in [5.74, 6) is -0.00877. The lowest BCUT2D eigenvalue weighted by Gasteiger charge is -2.10. The zero-order valence-corrected chi connectivity index (χ0v) is 12.3. The minimum atomic E-state index is -1.16. The number of carbonyl (C=O) groups is 1. The summed E-state index contributed by atoms with van der Waals surface area (Å²) in [5.41, 5.74) is 0.731. The van der Waals surface area contributed by atoms with Crippen molar-refractivity contribution in [1.82, 2.24) is 0 Å². The molecule has 0 heterocycles. The molecule has 0 atom stereocenters. The number of aliphatic carboxylic acids is 1. The minimum absolute atomic E-state index is 0.193. The fourth-order valence-corrected chi connectivity index (χ4v) is 1.80. The summed E-state index contributed by atoms with van der Waals surface area (Å²) < 4.78 is 15.7. The zero-order chi connectivity index (χ0) is 15.9. The second-order valence-corrected chi connectivity index (χ2v) is 4.37. The van der Waals surface area contributed by atoms with E-state index in [2.05, 4.69) is 0 Å². The molecule has 114 valence electrons. The molecule has 22 heavy (non-hydrogen) atoms. The van der Waals surface area contributed by atoms with Crippen LogP contribution in [0.1, 0.15) is 5.56 Å². The number of methoxy groups -OCH3 is 2. The van der Waals surface area contributed by atoms with Gasteiger partial charge in [-0.25, -0.2) is 4.79 Å². The van der Waals surface area contributed by atoms with Gasteiger partial charge in [-0.2, -0.15) is 0 Å². The number of hydrogen-bond donors (Lipinski definition) is 1. The summed E-state index contributed by atoms with van der Waals surface area (Å²) in [6, 6.07) is 13.9. The Morgan fingerprint density at radius 3 is 2.00 bits per heavy atom. The van der Waals surface area contributed by atoms with E-state index < -0.39 is 5.97 Å². The van der Waals surface area contributed by atoms with Gasteiger partial charge >= 0.3 is 5.97 Å². The molecule has 1 N–H and O–H groups in total. The quantitative estimate of drug-likeness (QED) is 0.655. The highest BCUT2D eigenvalue weighted by Crippen LogP contribution is 2.28. The first-order valence-corrected chi connectivity index (χ1v) is 6.53. The average molecular weight is 300 g/mol. The van der Waals surface area contributed by atoms with E-state index in [0.717, 1.165) is 5.56 Å². The Bertz CT molecular complexity index is 654. The van der Waals surface area contributed by atoms with Gasteiger partial charge in [0.25, 0.3) is 0 Å². The largest absolute Gasteiger partial charge is 0.496 e. The molecule has 0 aromatic heterocycles. The van der Waals surface area contributed by atoms with Crippen molar-refractivity contribution in [3.8, 4) is 17.2 Å². The van der Waals surface area contributed by atoms with Gasteiger partial charge < -0.3 is 19.3 Å². The topological polar surface area (TPSA) is 65.0 Å². The van der Waals surface area contributed by atoms with Crippen molar-refractivity contribution in [2.45, 2.75) is 0 Å². The van der Waals surface area contributed by atoms with Crippen LogP contribution in [0.15, 0.2) is 54.3 Å². The lowest BCUT2D eigenvalue weighted by molar-refractivity contribution is -0.134. The van der Waals surface area contributed by atoms with Gasteiger partial charge in [-0.15, -0.1) is 0 Å². The van der Waals surface area contributed by atoms with E-state index in [9.17, 15) is 9.90 Å². The second kappa shape index (κ2) is 7.17. The van der Waals surface area contributed by atoms with E-state index in [0.29, 0.717) is 17.2 Å². The lowest BCUT2D eigenvalue weighted by Crippen LogP contribution is -2.07. The predicted molar refractivity (Wildman–Crippen MR) is 82.2 cm³/mol. The first kappa shape index (κ1) is 15.4. The average Bonchev–Trinajstić information content (AvgIpc) is 2.54. The first-order valence-electron chi connectivity index (χ1n) is 6.53. The fourth-order valence-electron chi connectivity index (χ4n) is 1.80. The lowest BCUT2D eigenvalue weighted by atomic mass is 10.2. The van der Waals surface area contributed by atoms with Gasteiger partial charge in [0.1, 0.15) is 17.2 Å². The standard InChI is InChI=1S/C17H16O5/c1-20-13-9-14(21-2)11-15(10-13)22-16(17(18)19)8-12-6-4-3-5-7-12/h3-11H,1-2H3,(H,18,19). The van der Waals surface area contributed by atoms with Crippen LogP contribution in [0.3, 0.4) is 0 Å². The Balaban J connectivity index is 2.32. The van der Waals surface area contributed by atoms with Crippen molar-refractivity contribution in [3.05, 3.63) is 59.9 Å². The molecule has 2 rings (SSSR count). The maximum absolute atomic E-state index is 11.4. The smallest absolute Gasteiger partial charge is 0.371 e. The molecule has 0 bridgehead atoms. The molecule has 2 aromatic carbocycles. The Morgan fingerprint density at radius 2 is 1.50 bits per heavy atom. The molecule has 0 radical (unpaired) electrons. The molecule has 0 amide bonds. The highest BCUT2D eigenvalue weighted by atomic mass is 16.5. The molecular formula is C17H16O5. The van der Waals surface area contributed by atoms with E-state index in [1.165, 1.54) is 20.3 Å². The van der Waals surface area contributed by atoms with Crippen molar-refractivity contribution >= 4 is 12.0 Å². The molecule has 0 aliphatic carbocycles. The molecule has 5 nitrogen and oxygen atoms in total. The van der Waals surface area contributed by atoms with Gasteiger partial charge in [0.15, 0.2) is 0 Å². The van der Waals surface area contributed by atoms with Gasteiger partial charge in [0.05, 0.1) is 14.2 Å². The zero-order valence-electron chi connectivity index (χ0n) is 12.3. The highest BCUT2D eigenvalue weighted by molar-refractivity contribution is 5.90. The molecule has 0 spiro atoms. The Kier molecular flexibility index (Phi) is 5.03. The molecule has 0 fully saturated rings.